The molecule has 0 spiro atoms. The highest BCUT2D eigenvalue weighted by Crippen LogP contribution is 2.14. The summed E-state index contributed by atoms with van der Waals surface area (Å²) in [5.41, 5.74) is 1.65. The molecule has 3 rings (SSSR count). The number of nitrogens with zero attached hydrogens (tertiary/aromatic N) is 2. The van der Waals surface area contributed by atoms with Crippen LogP contribution in [0.3, 0.4) is 0 Å². The summed E-state index contributed by atoms with van der Waals surface area (Å²) in [7, 11) is 0. The number of benzene rings is 2. The first-order valence-electron chi connectivity index (χ1n) is 8.34. The number of rotatable bonds is 6. The second-order valence-corrected chi connectivity index (χ2v) is 5.90. The van der Waals surface area contributed by atoms with Gasteiger partial charge in [0.2, 0.25) is 0 Å². The molecule has 1 amide bonds. The minimum absolute atomic E-state index is 0.144. The Morgan fingerprint density at radius 1 is 1.15 bits per heavy atom. The number of carbonyl (C=O) groups excluding carboxylic acids is 2. The molecule has 1 N–H and O–H groups in total. The molecule has 27 heavy (non-hydrogen) atoms. The molecule has 0 saturated heterocycles. The highest BCUT2D eigenvalue weighted by molar-refractivity contribution is 5.90. The molecular formula is C20H18FN3O3. The number of aromatic nitrogens is 2. The molecule has 0 radical (unpaired) electrons. The zero-order chi connectivity index (χ0) is 19.2. The molecule has 1 heterocycles. The standard InChI is InChI=1S/C20H18FN3O3/c1-14(15-5-3-2-4-6-15)23-19(25)12-27-20(26)18-11-22-13-24(18)17-9-7-16(21)8-10-17/h2-11,13-14H,12H2,1H3,(H,23,25). The number of halogens is 1. The first-order valence-corrected chi connectivity index (χ1v) is 8.34. The van der Waals surface area contributed by atoms with Gasteiger partial charge in [-0.2, -0.15) is 0 Å². The monoisotopic (exact) mass is 367 g/mol. The lowest BCUT2D eigenvalue weighted by atomic mass is 10.1. The van der Waals surface area contributed by atoms with Gasteiger partial charge in [-0.15, -0.1) is 0 Å². The van der Waals surface area contributed by atoms with Crippen LogP contribution in [0.15, 0.2) is 67.1 Å². The molecule has 0 aliphatic heterocycles. The van der Waals surface area contributed by atoms with Crippen LogP contribution in [-0.2, 0) is 9.53 Å². The molecule has 3 aromatic rings. The van der Waals surface area contributed by atoms with E-state index < -0.39 is 18.5 Å². The van der Waals surface area contributed by atoms with Crippen LogP contribution in [0.1, 0.15) is 29.0 Å². The number of imidazole rings is 1. The van der Waals surface area contributed by atoms with Crippen molar-refractivity contribution in [2.24, 2.45) is 0 Å². The number of amides is 1. The van der Waals surface area contributed by atoms with Gasteiger partial charge in [0.25, 0.3) is 5.91 Å². The maximum absolute atomic E-state index is 13.1. The maximum atomic E-state index is 13.1. The van der Waals surface area contributed by atoms with Gasteiger partial charge in [0.15, 0.2) is 12.3 Å². The first-order chi connectivity index (χ1) is 13.0. The molecule has 7 heteroatoms. The van der Waals surface area contributed by atoms with E-state index in [0.717, 1.165) is 5.56 Å². The lowest BCUT2D eigenvalue weighted by Crippen LogP contribution is -2.31. The third kappa shape index (κ3) is 4.58. The lowest BCUT2D eigenvalue weighted by Gasteiger charge is -2.14. The Kier molecular flexibility index (Phi) is 5.61. The number of hydrogen-bond acceptors (Lipinski definition) is 4. The fourth-order valence-electron chi connectivity index (χ4n) is 2.57. The van der Waals surface area contributed by atoms with E-state index in [1.807, 2.05) is 37.3 Å². The SMILES string of the molecule is CC(NC(=O)COC(=O)c1cncn1-c1ccc(F)cc1)c1ccccc1. The lowest BCUT2D eigenvalue weighted by molar-refractivity contribution is -0.124. The largest absolute Gasteiger partial charge is 0.451 e. The van der Waals surface area contributed by atoms with E-state index in [1.165, 1.54) is 41.4 Å². The summed E-state index contributed by atoms with van der Waals surface area (Å²) in [5, 5.41) is 2.77. The zero-order valence-corrected chi connectivity index (χ0v) is 14.6. The molecule has 0 saturated carbocycles. The number of carbonyl (C=O) groups is 2. The van der Waals surface area contributed by atoms with Crippen LogP contribution in [0.4, 0.5) is 4.39 Å². The minimum atomic E-state index is -0.695. The Morgan fingerprint density at radius 3 is 2.56 bits per heavy atom. The Balaban J connectivity index is 1.59. The quantitative estimate of drug-likeness (QED) is 0.680. The van der Waals surface area contributed by atoms with Crippen molar-refractivity contribution in [1.29, 1.82) is 0 Å². The summed E-state index contributed by atoms with van der Waals surface area (Å²) in [5.74, 6) is -1.49. The van der Waals surface area contributed by atoms with E-state index in [4.69, 9.17) is 4.74 Å². The molecule has 0 bridgehead atoms. The molecule has 1 atom stereocenters. The predicted octanol–water partition coefficient (Wildman–Crippen LogP) is 3.05. The van der Waals surface area contributed by atoms with Crippen LogP contribution in [-0.4, -0.2) is 28.0 Å². The second-order valence-electron chi connectivity index (χ2n) is 5.90. The van der Waals surface area contributed by atoms with Crippen molar-refractivity contribution in [2.45, 2.75) is 13.0 Å². The number of esters is 1. The van der Waals surface area contributed by atoms with Crippen molar-refractivity contribution in [3.63, 3.8) is 0 Å². The van der Waals surface area contributed by atoms with Crippen LogP contribution < -0.4 is 5.32 Å². The summed E-state index contributed by atoms with van der Waals surface area (Å²) >= 11 is 0. The van der Waals surface area contributed by atoms with Gasteiger partial charge >= 0.3 is 5.97 Å². The van der Waals surface area contributed by atoms with Crippen molar-refractivity contribution < 1.29 is 18.7 Å². The summed E-state index contributed by atoms with van der Waals surface area (Å²) in [6.45, 7) is 1.43. The summed E-state index contributed by atoms with van der Waals surface area (Å²) in [4.78, 5) is 28.3. The van der Waals surface area contributed by atoms with E-state index in [-0.39, 0.29) is 17.6 Å². The summed E-state index contributed by atoms with van der Waals surface area (Å²) in [6.07, 6.45) is 2.75. The molecule has 2 aromatic carbocycles. The van der Waals surface area contributed by atoms with E-state index in [9.17, 15) is 14.0 Å². The number of nitrogens with one attached hydrogen (secondary N) is 1. The van der Waals surface area contributed by atoms with Crippen molar-refractivity contribution in [2.75, 3.05) is 6.61 Å². The van der Waals surface area contributed by atoms with Gasteiger partial charge in [-0.05, 0) is 36.8 Å². The first kappa shape index (κ1) is 18.3. The maximum Gasteiger partial charge on any atom is 0.357 e. The third-order valence-electron chi connectivity index (χ3n) is 3.96. The normalized spacial score (nSPS) is 11.6. The van der Waals surface area contributed by atoms with E-state index in [2.05, 4.69) is 10.3 Å². The molecule has 1 aromatic heterocycles. The minimum Gasteiger partial charge on any atom is -0.451 e. The van der Waals surface area contributed by atoms with Crippen molar-refractivity contribution in [3.05, 3.63) is 84.2 Å². The average Bonchev–Trinajstić information content (AvgIpc) is 3.17. The van der Waals surface area contributed by atoms with Crippen LogP contribution in [0.25, 0.3) is 5.69 Å². The van der Waals surface area contributed by atoms with Crippen molar-refractivity contribution in [3.8, 4) is 5.69 Å². The van der Waals surface area contributed by atoms with Crippen LogP contribution in [0, 0.1) is 5.82 Å². The van der Waals surface area contributed by atoms with Gasteiger partial charge < -0.3 is 10.1 Å². The number of ether oxygens (including phenoxy) is 1. The molecule has 0 aliphatic carbocycles. The number of hydrogen-bond donors (Lipinski definition) is 1. The molecule has 6 nitrogen and oxygen atoms in total. The fourth-order valence-corrected chi connectivity index (χ4v) is 2.57. The fraction of sp³-hybridized carbons (Fsp3) is 0.150. The van der Waals surface area contributed by atoms with Gasteiger partial charge in [0.1, 0.15) is 5.82 Å². The predicted molar refractivity (Wildman–Crippen MR) is 96.8 cm³/mol. The van der Waals surface area contributed by atoms with Gasteiger partial charge in [-0.1, -0.05) is 30.3 Å². The van der Waals surface area contributed by atoms with Crippen molar-refractivity contribution in [1.82, 2.24) is 14.9 Å². The van der Waals surface area contributed by atoms with Gasteiger partial charge in [0, 0.05) is 5.69 Å². The van der Waals surface area contributed by atoms with Gasteiger partial charge in [-0.3, -0.25) is 9.36 Å². The highest BCUT2D eigenvalue weighted by atomic mass is 19.1. The van der Waals surface area contributed by atoms with Crippen molar-refractivity contribution >= 4 is 11.9 Å². The molecule has 0 aliphatic rings. The second kappa shape index (κ2) is 8.27. The third-order valence-corrected chi connectivity index (χ3v) is 3.96. The molecule has 0 fully saturated rings. The average molecular weight is 367 g/mol. The van der Waals surface area contributed by atoms with Gasteiger partial charge in [0.05, 0.1) is 18.6 Å². The van der Waals surface area contributed by atoms with E-state index >= 15 is 0 Å². The smallest absolute Gasteiger partial charge is 0.357 e. The Morgan fingerprint density at radius 2 is 1.85 bits per heavy atom. The molecule has 1 unspecified atom stereocenters. The molecule has 138 valence electrons. The highest BCUT2D eigenvalue weighted by Gasteiger charge is 2.17. The van der Waals surface area contributed by atoms with Crippen LogP contribution in [0.2, 0.25) is 0 Å². The molecular weight excluding hydrogens is 349 g/mol. The van der Waals surface area contributed by atoms with Gasteiger partial charge in [-0.25, -0.2) is 14.2 Å². The zero-order valence-electron chi connectivity index (χ0n) is 14.6. The Bertz CT molecular complexity index is 923. The summed E-state index contributed by atoms with van der Waals surface area (Å²) in [6, 6.07) is 14.8. The Labute approximate surface area is 155 Å². The van der Waals surface area contributed by atoms with E-state index in [1.54, 1.807) is 0 Å². The van der Waals surface area contributed by atoms with E-state index in [0.29, 0.717) is 5.69 Å². The van der Waals surface area contributed by atoms with Crippen LogP contribution in [0.5, 0.6) is 0 Å². The topological polar surface area (TPSA) is 73.2 Å². The van der Waals surface area contributed by atoms with Crippen LogP contribution >= 0.6 is 0 Å². The summed E-state index contributed by atoms with van der Waals surface area (Å²) < 4.78 is 19.6. The Hall–Kier alpha value is -3.48.